The lowest BCUT2D eigenvalue weighted by Gasteiger charge is -2.26. The molecule has 6 nitrogen and oxygen atoms in total. The number of esters is 1. The van der Waals surface area contributed by atoms with Crippen molar-refractivity contribution in [2.75, 3.05) is 0 Å². The van der Waals surface area contributed by atoms with Gasteiger partial charge >= 0.3 is 5.97 Å². The van der Waals surface area contributed by atoms with Crippen LogP contribution in [-0.2, 0) is 4.79 Å². The molecule has 0 amide bonds. The number of Topliss-reactive ketones (excluding diaryl/α,β-unsaturated/α-hetero) is 1. The number of hydrogen-bond acceptors (Lipinski definition) is 6. The monoisotopic (exact) mass is 359 g/mol. The summed E-state index contributed by atoms with van der Waals surface area (Å²) >= 11 is 0. The zero-order chi connectivity index (χ0) is 18.4. The van der Waals surface area contributed by atoms with E-state index in [2.05, 4.69) is 4.98 Å². The second-order valence-electron chi connectivity index (χ2n) is 6.32. The molecule has 2 aliphatic heterocycles. The minimum absolute atomic E-state index is 0.169. The fourth-order valence-corrected chi connectivity index (χ4v) is 3.49. The van der Waals surface area contributed by atoms with Gasteiger partial charge in [0.2, 0.25) is 5.78 Å². The van der Waals surface area contributed by atoms with Crippen LogP contribution in [0.4, 0.5) is 0 Å². The van der Waals surface area contributed by atoms with E-state index >= 15 is 0 Å². The van der Waals surface area contributed by atoms with Crippen LogP contribution in [0.15, 0.2) is 65.2 Å². The molecule has 0 saturated carbocycles. The van der Waals surface area contributed by atoms with E-state index in [-0.39, 0.29) is 29.9 Å². The highest BCUT2D eigenvalue weighted by Crippen LogP contribution is 2.48. The molecular weight excluding hydrogens is 346 g/mol. The van der Waals surface area contributed by atoms with Crippen LogP contribution >= 0.6 is 0 Å². The fourth-order valence-electron chi connectivity index (χ4n) is 3.49. The van der Waals surface area contributed by atoms with Gasteiger partial charge in [0.15, 0.2) is 5.76 Å². The lowest BCUT2D eigenvalue weighted by atomic mass is 9.85. The van der Waals surface area contributed by atoms with Gasteiger partial charge in [0, 0.05) is 30.0 Å². The largest absolute Gasteiger partial charge is 0.465 e. The molecule has 5 rings (SSSR count). The molecule has 27 heavy (non-hydrogen) atoms. The third-order valence-electron chi connectivity index (χ3n) is 4.70. The van der Waals surface area contributed by atoms with Crippen LogP contribution in [0.25, 0.3) is 6.08 Å². The lowest BCUT2D eigenvalue weighted by molar-refractivity contribution is -0.135. The zero-order valence-electron chi connectivity index (χ0n) is 14.0. The van der Waals surface area contributed by atoms with Crippen molar-refractivity contribution in [1.82, 2.24) is 4.98 Å². The van der Waals surface area contributed by atoms with Crippen LogP contribution in [0.1, 0.15) is 39.6 Å². The van der Waals surface area contributed by atoms with E-state index in [0.29, 0.717) is 28.4 Å². The highest BCUT2D eigenvalue weighted by Gasteiger charge is 2.38. The predicted octanol–water partition coefficient (Wildman–Crippen LogP) is 3.73. The first kappa shape index (κ1) is 15.6. The molecule has 0 aliphatic carbocycles. The number of ketones is 1. The van der Waals surface area contributed by atoms with E-state index in [1.165, 1.54) is 6.26 Å². The number of ether oxygens (including phenoxy) is 2. The molecule has 2 aromatic heterocycles. The first-order chi connectivity index (χ1) is 13.2. The number of furan rings is 1. The van der Waals surface area contributed by atoms with E-state index in [9.17, 15) is 9.59 Å². The van der Waals surface area contributed by atoms with Crippen LogP contribution in [-0.4, -0.2) is 16.7 Å². The topological polar surface area (TPSA) is 78.6 Å². The minimum atomic E-state index is -0.320. The number of carbonyl (C=O) groups excluding carboxylic acids is 2. The smallest absolute Gasteiger partial charge is 0.312 e. The minimum Gasteiger partial charge on any atom is -0.465 e. The van der Waals surface area contributed by atoms with E-state index in [1.54, 1.807) is 42.7 Å². The van der Waals surface area contributed by atoms with E-state index in [1.807, 2.05) is 12.1 Å². The lowest BCUT2D eigenvalue weighted by Crippen LogP contribution is -2.21. The first-order valence-electron chi connectivity index (χ1n) is 8.46. The first-order valence-corrected chi connectivity index (χ1v) is 8.46. The van der Waals surface area contributed by atoms with Crippen LogP contribution in [0, 0.1) is 0 Å². The van der Waals surface area contributed by atoms with Crippen molar-refractivity contribution >= 4 is 17.8 Å². The van der Waals surface area contributed by atoms with Gasteiger partial charge in [0.05, 0.1) is 18.2 Å². The molecule has 0 bridgehead atoms. The van der Waals surface area contributed by atoms with Crippen molar-refractivity contribution in [1.29, 1.82) is 0 Å². The summed E-state index contributed by atoms with van der Waals surface area (Å²) in [6.07, 6.45) is 6.60. The Hall–Kier alpha value is -3.67. The molecule has 1 atom stereocenters. The summed E-state index contributed by atoms with van der Waals surface area (Å²) in [6, 6.07) is 10.5. The van der Waals surface area contributed by atoms with Crippen molar-refractivity contribution in [3.8, 4) is 11.5 Å². The Kier molecular flexibility index (Phi) is 3.43. The van der Waals surface area contributed by atoms with Crippen molar-refractivity contribution < 1.29 is 23.5 Å². The quantitative estimate of drug-likeness (QED) is 0.394. The molecule has 1 unspecified atom stereocenters. The highest BCUT2D eigenvalue weighted by molar-refractivity contribution is 6.15. The van der Waals surface area contributed by atoms with Gasteiger partial charge in [-0.1, -0.05) is 0 Å². The average molecular weight is 359 g/mol. The van der Waals surface area contributed by atoms with Crippen molar-refractivity contribution in [3.05, 3.63) is 83.3 Å². The third kappa shape index (κ3) is 2.54. The van der Waals surface area contributed by atoms with Gasteiger partial charge in [0.25, 0.3) is 0 Å². The summed E-state index contributed by atoms with van der Waals surface area (Å²) < 4.78 is 16.6. The summed E-state index contributed by atoms with van der Waals surface area (Å²) in [6.45, 7) is 0. The van der Waals surface area contributed by atoms with E-state index in [4.69, 9.17) is 13.9 Å². The van der Waals surface area contributed by atoms with Gasteiger partial charge in [-0.05, 0) is 42.0 Å². The highest BCUT2D eigenvalue weighted by atomic mass is 16.5. The van der Waals surface area contributed by atoms with Gasteiger partial charge in [-0.2, -0.15) is 0 Å². The predicted molar refractivity (Wildman–Crippen MR) is 94.4 cm³/mol. The maximum Gasteiger partial charge on any atom is 0.312 e. The van der Waals surface area contributed by atoms with E-state index < -0.39 is 0 Å². The van der Waals surface area contributed by atoms with Gasteiger partial charge in [0.1, 0.15) is 17.3 Å². The molecule has 4 heterocycles. The van der Waals surface area contributed by atoms with Crippen LogP contribution < -0.4 is 9.47 Å². The third-order valence-corrected chi connectivity index (χ3v) is 4.70. The number of hydrogen-bond donors (Lipinski definition) is 0. The number of carbonyl (C=O) groups is 2. The second-order valence-corrected chi connectivity index (χ2v) is 6.32. The molecule has 0 fully saturated rings. The number of rotatable bonds is 2. The fraction of sp³-hybridized carbons (Fsp3) is 0.0952. The van der Waals surface area contributed by atoms with Crippen LogP contribution in [0.5, 0.6) is 11.5 Å². The Morgan fingerprint density at radius 3 is 2.67 bits per heavy atom. The molecule has 1 aromatic carbocycles. The van der Waals surface area contributed by atoms with Gasteiger partial charge in [-0.15, -0.1) is 0 Å². The number of benzene rings is 1. The van der Waals surface area contributed by atoms with Crippen molar-refractivity contribution in [3.63, 3.8) is 0 Å². The summed E-state index contributed by atoms with van der Waals surface area (Å²) in [5.41, 5.74) is 2.06. The molecule has 0 radical (unpaired) electrons. The molecule has 0 N–H and O–H groups in total. The zero-order valence-corrected chi connectivity index (χ0v) is 14.0. The molecule has 3 aromatic rings. The number of aromatic nitrogens is 1. The Bertz CT molecular complexity index is 1080. The van der Waals surface area contributed by atoms with Crippen molar-refractivity contribution in [2.45, 2.75) is 12.3 Å². The Labute approximate surface area is 154 Å². The van der Waals surface area contributed by atoms with Crippen LogP contribution in [0.3, 0.4) is 0 Å². The number of pyridine rings is 1. The molecule has 0 saturated heterocycles. The summed E-state index contributed by atoms with van der Waals surface area (Å²) in [5, 5.41) is 0. The molecule has 2 aliphatic rings. The Morgan fingerprint density at radius 1 is 1.04 bits per heavy atom. The normalized spacial score (nSPS) is 19.4. The summed E-state index contributed by atoms with van der Waals surface area (Å²) in [7, 11) is 0. The summed E-state index contributed by atoms with van der Waals surface area (Å²) in [5.74, 6) is 0.740. The Morgan fingerprint density at radius 2 is 1.89 bits per heavy atom. The Balaban J connectivity index is 1.65. The van der Waals surface area contributed by atoms with Gasteiger partial charge in [-0.3, -0.25) is 14.6 Å². The molecule has 6 heteroatoms. The number of nitrogens with zero attached hydrogens (tertiary/aromatic N) is 1. The van der Waals surface area contributed by atoms with Crippen molar-refractivity contribution in [2.24, 2.45) is 0 Å². The number of allylic oxidation sites excluding steroid dienone is 1. The van der Waals surface area contributed by atoms with Gasteiger partial charge < -0.3 is 13.9 Å². The van der Waals surface area contributed by atoms with Crippen LogP contribution in [0.2, 0.25) is 0 Å². The maximum atomic E-state index is 12.8. The summed E-state index contributed by atoms with van der Waals surface area (Å²) in [4.78, 5) is 28.9. The average Bonchev–Trinajstić information content (AvgIpc) is 3.30. The number of fused-ring (bicyclic) bond motifs is 3. The van der Waals surface area contributed by atoms with Gasteiger partial charge in [-0.25, -0.2) is 0 Å². The van der Waals surface area contributed by atoms with E-state index in [0.717, 1.165) is 5.56 Å². The standard InChI is InChI=1S/C21H13NO5/c23-18-11-15(12-5-7-22-8-6-12)19-16(26-18)4-3-14-20(24)17(27-21(14)19)10-13-2-1-9-25-13/h1-10,15H,11H2. The maximum absolute atomic E-state index is 12.8. The second kappa shape index (κ2) is 5.95. The SMILES string of the molecule is O=C1CC(c2ccncc2)c2c(ccc3c2OC(=Cc2ccco2)C3=O)O1. The molecule has 0 spiro atoms. The molecular formula is C21H13NO5. The molecule has 132 valence electrons.